The molecule has 0 aliphatic heterocycles. The highest BCUT2D eigenvalue weighted by atomic mass is 16.4. The molecule has 7 nitrogen and oxygen atoms in total. The number of aromatic nitrogens is 2. The number of amides is 2. The van der Waals surface area contributed by atoms with Crippen LogP contribution in [0.25, 0.3) is 11.5 Å². The second-order valence-corrected chi connectivity index (χ2v) is 6.16. The van der Waals surface area contributed by atoms with Crippen molar-refractivity contribution < 1.29 is 14.0 Å². The third-order valence-corrected chi connectivity index (χ3v) is 3.60. The molecule has 25 heavy (non-hydrogen) atoms. The Labute approximate surface area is 147 Å². The third-order valence-electron chi connectivity index (χ3n) is 3.60. The number of hydrogen-bond acceptors (Lipinski definition) is 5. The van der Waals surface area contributed by atoms with Crippen LogP contribution in [-0.4, -0.2) is 35.1 Å². The van der Waals surface area contributed by atoms with E-state index in [0.29, 0.717) is 31.3 Å². The predicted molar refractivity (Wildman–Crippen MR) is 93.6 cm³/mol. The summed E-state index contributed by atoms with van der Waals surface area (Å²) in [5.74, 6) is 0.680. The molecular formula is C18H24N4O3. The molecule has 0 aliphatic carbocycles. The average Bonchev–Trinajstić information content (AvgIpc) is 3.06. The molecule has 2 aromatic rings. The number of nitrogens with one attached hydrogen (secondary N) is 2. The van der Waals surface area contributed by atoms with Crippen LogP contribution >= 0.6 is 0 Å². The molecule has 1 aromatic carbocycles. The Morgan fingerprint density at radius 1 is 1.08 bits per heavy atom. The van der Waals surface area contributed by atoms with Crippen LogP contribution in [0.1, 0.15) is 31.7 Å². The number of rotatable bonds is 8. The maximum absolute atomic E-state index is 11.8. The zero-order valence-electron chi connectivity index (χ0n) is 14.8. The highest BCUT2D eigenvalue weighted by molar-refractivity contribution is 5.78. The van der Waals surface area contributed by atoms with Crippen molar-refractivity contribution in [3.8, 4) is 11.5 Å². The fourth-order valence-corrected chi connectivity index (χ4v) is 2.07. The van der Waals surface area contributed by atoms with Crippen LogP contribution in [-0.2, 0) is 16.0 Å². The zero-order chi connectivity index (χ0) is 18.2. The Morgan fingerprint density at radius 3 is 2.44 bits per heavy atom. The van der Waals surface area contributed by atoms with Gasteiger partial charge in [-0.3, -0.25) is 9.59 Å². The van der Waals surface area contributed by atoms with E-state index in [1.54, 1.807) is 0 Å². The molecule has 0 atom stereocenters. The Balaban J connectivity index is 1.71. The largest absolute Gasteiger partial charge is 0.421 e. The normalized spacial score (nSPS) is 10.7. The van der Waals surface area contributed by atoms with Crippen LogP contribution in [0, 0.1) is 12.8 Å². The molecule has 0 saturated carbocycles. The highest BCUT2D eigenvalue weighted by Gasteiger charge is 2.11. The van der Waals surface area contributed by atoms with Crippen molar-refractivity contribution in [1.29, 1.82) is 0 Å². The number of carbonyl (C=O) groups excluding carboxylic acids is 2. The lowest BCUT2D eigenvalue weighted by atomic mass is 10.1. The number of benzene rings is 1. The van der Waals surface area contributed by atoms with Crippen LogP contribution in [0.5, 0.6) is 0 Å². The first-order valence-electron chi connectivity index (χ1n) is 8.39. The van der Waals surface area contributed by atoms with E-state index in [1.165, 1.54) is 0 Å². The van der Waals surface area contributed by atoms with Gasteiger partial charge in [0.2, 0.25) is 23.6 Å². The van der Waals surface area contributed by atoms with Crippen molar-refractivity contribution in [2.75, 3.05) is 13.1 Å². The summed E-state index contributed by atoms with van der Waals surface area (Å²) in [6.07, 6.45) is 0.636. The quantitative estimate of drug-likeness (QED) is 0.713. The topological polar surface area (TPSA) is 97.1 Å². The Bertz CT molecular complexity index is 707. The van der Waals surface area contributed by atoms with Crippen LogP contribution in [0.4, 0.5) is 0 Å². The predicted octanol–water partition coefficient (Wildman–Crippen LogP) is 1.87. The summed E-state index contributed by atoms with van der Waals surface area (Å²) in [5.41, 5.74) is 2.01. The van der Waals surface area contributed by atoms with Gasteiger partial charge in [0.05, 0.1) is 0 Å². The summed E-state index contributed by atoms with van der Waals surface area (Å²) in [4.78, 5) is 23.2. The van der Waals surface area contributed by atoms with Crippen molar-refractivity contribution in [3.63, 3.8) is 0 Å². The minimum absolute atomic E-state index is 0.0243. The van der Waals surface area contributed by atoms with Crippen LogP contribution < -0.4 is 10.6 Å². The van der Waals surface area contributed by atoms with Crippen LogP contribution in [0.15, 0.2) is 28.7 Å². The summed E-state index contributed by atoms with van der Waals surface area (Å²) in [6, 6.07) is 7.80. The second-order valence-electron chi connectivity index (χ2n) is 6.16. The summed E-state index contributed by atoms with van der Waals surface area (Å²) >= 11 is 0. The fourth-order valence-electron chi connectivity index (χ4n) is 2.07. The number of aryl methyl sites for hydroxylation is 2. The van der Waals surface area contributed by atoms with Crippen molar-refractivity contribution in [2.24, 2.45) is 5.92 Å². The zero-order valence-corrected chi connectivity index (χ0v) is 14.8. The first-order valence-corrected chi connectivity index (χ1v) is 8.39. The molecule has 0 unspecified atom stereocenters. The molecule has 2 rings (SSSR count). The summed E-state index contributed by atoms with van der Waals surface area (Å²) in [5, 5.41) is 13.5. The number of hydrogen-bond donors (Lipinski definition) is 2. The van der Waals surface area contributed by atoms with Gasteiger partial charge in [0, 0.05) is 37.4 Å². The lowest BCUT2D eigenvalue weighted by Gasteiger charge is -2.08. The lowest BCUT2D eigenvalue weighted by molar-refractivity contribution is -0.124. The van der Waals surface area contributed by atoms with Gasteiger partial charge in [-0.1, -0.05) is 31.5 Å². The van der Waals surface area contributed by atoms with Gasteiger partial charge in [0.15, 0.2) is 0 Å². The molecule has 2 N–H and O–H groups in total. The van der Waals surface area contributed by atoms with E-state index in [9.17, 15) is 9.59 Å². The maximum Gasteiger partial charge on any atom is 0.247 e. The summed E-state index contributed by atoms with van der Waals surface area (Å²) in [7, 11) is 0. The van der Waals surface area contributed by atoms with E-state index in [4.69, 9.17) is 4.42 Å². The van der Waals surface area contributed by atoms with Crippen molar-refractivity contribution in [2.45, 2.75) is 33.6 Å². The SMILES string of the molecule is Cc1ccc(-c2nnc(CCC(=O)NCCNC(=O)C(C)C)o2)cc1. The van der Waals surface area contributed by atoms with Gasteiger partial charge in [0.25, 0.3) is 0 Å². The van der Waals surface area contributed by atoms with Crippen molar-refractivity contribution >= 4 is 11.8 Å². The standard InChI is InChI=1S/C18H24N4O3/c1-12(2)17(24)20-11-10-19-15(23)8-9-16-21-22-18(25-16)14-6-4-13(3)5-7-14/h4-7,12H,8-11H2,1-3H3,(H,19,23)(H,20,24). The first kappa shape index (κ1) is 18.6. The molecule has 0 bridgehead atoms. The molecule has 134 valence electrons. The van der Waals surface area contributed by atoms with E-state index in [-0.39, 0.29) is 24.2 Å². The molecular weight excluding hydrogens is 320 g/mol. The summed E-state index contributed by atoms with van der Waals surface area (Å²) < 4.78 is 5.58. The van der Waals surface area contributed by atoms with Gasteiger partial charge < -0.3 is 15.1 Å². The minimum atomic E-state index is -0.117. The summed E-state index contributed by atoms with van der Waals surface area (Å²) in [6.45, 7) is 6.47. The monoisotopic (exact) mass is 344 g/mol. The smallest absolute Gasteiger partial charge is 0.247 e. The van der Waals surface area contributed by atoms with E-state index in [2.05, 4.69) is 20.8 Å². The molecule has 0 spiro atoms. The molecule has 7 heteroatoms. The van der Waals surface area contributed by atoms with Gasteiger partial charge in [-0.05, 0) is 19.1 Å². The lowest BCUT2D eigenvalue weighted by Crippen LogP contribution is -2.36. The molecule has 0 radical (unpaired) electrons. The molecule has 0 aliphatic rings. The van der Waals surface area contributed by atoms with E-state index in [0.717, 1.165) is 11.1 Å². The van der Waals surface area contributed by atoms with E-state index in [1.807, 2.05) is 45.0 Å². The fraction of sp³-hybridized carbons (Fsp3) is 0.444. The van der Waals surface area contributed by atoms with Gasteiger partial charge in [-0.25, -0.2) is 0 Å². The minimum Gasteiger partial charge on any atom is -0.421 e. The van der Waals surface area contributed by atoms with E-state index >= 15 is 0 Å². The average molecular weight is 344 g/mol. The van der Waals surface area contributed by atoms with Crippen molar-refractivity contribution in [3.05, 3.63) is 35.7 Å². The molecule has 0 fully saturated rings. The van der Waals surface area contributed by atoms with Gasteiger partial charge in [-0.15, -0.1) is 10.2 Å². The molecule has 0 saturated heterocycles. The maximum atomic E-state index is 11.8. The third kappa shape index (κ3) is 6.02. The molecule has 2 amide bonds. The van der Waals surface area contributed by atoms with Crippen LogP contribution in [0.3, 0.4) is 0 Å². The Hall–Kier alpha value is -2.70. The Kier molecular flexibility index (Phi) is 6.68. The van der Waals surface area contributed by atoms with Gasteiger partial charge >= 0.3 is 0 Å². The van der Waals surface area contributed by atoms with Crippen molar-refractivity contribution in [1.82, 2.24) is 20.8 Å². The van der Waals surface area contributed by atoms with E-state index < -0.39 is 0 Å². The Morgan fingerprint density at radius 2 is 1.76 bits per heavy atom. The second kappa shape index (κ2) is 8.96. The number of nitrogens with zero attached hydrogens (tertiary/aromatic N) is 2. The highest BCUT2D eigenvalue weighted by Crippen LogP contribution is 2.18. The van der Waals surface area contributed by atoms with Gasteiger partial charge in [0.1, 0.15) is 0 Å². The molecule has 1 heterocycles. The number of carbonyl (C=O) groups is 2. The first-order chi connectivity index (χ1) is 12.0. The molecule has 1 aromatic heterocycles. The van der Waals surface area contributed by atoms with Gasteiger partial charge in [-0.2, -0.15) is 0 Å². The van der Waals surface area contributed by atoms with Crippen LogP contribution in [0.2, 0.25) is 0 Å².